The number of hydrogen-bond acceptors (Lipinski definition) is 5. The van der Waals surface area contributed by atoms with E-state index in [1.807, 2.05) is 19.1 Å². The summed E-state index contributed by atoms with van der Waals surface area (Å²) in [5.74, 6) is 0. The highest BCUT2D eigenvalue weighted by molar-refractivity contribution is 7.16. The van der Waals surface area contributed by atoms with Crippen LogP contribution in [0, 0.1) is 0 Å². The van der Waals surface area contributed by atoms with E-state index in [-0.39, 0.29) is 6.04 Å². The Bertz CT molecular complexity index is 452. The summed E-state index contributed by atoms with van der Waals surface area (Å²) in [5.41, 5.74) is 7.12. The minimum absolute atomic E-state index is 0.141. The average Bonchev–Trinajstić information content (AvgIpc) is 2.84. The van der Waals surface area contributed by atoms with Crippen molar-refractivity contribution < 1.29 is 0 Å². The molecule has 2 N–H and O–H groups in total. The molecule has 2 aromatic heterocycles. The van der Waals surface area contributed by atoms with Crippen molar-refractivity contribution in [2.75, 3.05) is 0 Å². The van der Waals surface area contributed by atoms with Gasteiger partial charge in [-0.1, -0.05) is 23.0 Å². The van der Waals surface area contributed by atoms with Gasteiger partial charge in [-0.05, 0) is 30.1 Å². The highest BCUT2D eigenvalue weighted by atomic mass is 35.5. The fraction of sp³-hybridized carbons (Fsp3) is 0.333. The molecule has 15 heavy (non-hydrogen) atoms. The van der Waals surface area contributed by atoms with Gasteiger partial charge in [-0.3, -0.25) is 0 Å². The van der Waals surface area contributed by atoms with Gasteiger partial charge in [-0.15, -0.1) is 16.4 Å². The maximum absolute atomic E-state index is 6.13. The van der Waals surface area contributed by atoms with Crippen LogP contribution in [0.1, 0.15) is 28.4 Å². The molecule has 0 aliphatic rings. The van der Waals surface area contributed by atoms with E-state index >= 15 is 0 Å². The predicted molar refractivity (Wildman–Crippen MR) is 64.6 cm³/mol. The van der Waals surface area contributed by atoms with Crippen LogP contribution in [0.2, 0.25) is 4.34 Å². The van der Waals surface area contributed by atoms with Gasteiger partial charge in [0.25, 0.3) is 0 Å². The Kier molecular flexibility index (Phi) is 3.35. The number of halogens is 1. The van der Waals surface area contributed by atoms with E-state index in [0.717, 1.165) is 26.2 Å². The number of rotatable bonds is 3. The minimum atomic E-state index is -0.141. The largest absolute Gasteiger partial charge is 0.319 e. The number of nitrogens with two attached hydrogens (primary N) is 1. The number of hydrogen-bond donors (Lipinski definition) is 1. The van der Waals surface area contributed by atoms with Crippen molar-refractivity contribution in [2.24, 2.45) is 5.73 Å². The number of thiophene rings is 1. The van der Waals surface area contributed by atoms with Crippen LogP contribution >= 0.6 is 34.5 Å². The lowest BCUT2D eigenvalue weighted by molar-refractivity contribution is 0.869. The van der Waals surface area contributed by atoms with E-state index in [9.17, 15) is 0 Å². The second-order valence-corrected chi connectivity index (χ2v) is 5.59. The summed E-state index contributed by atoms with van der Waals surface area (Å²) in [5, 5.41) is 4.05. The molecular weight excluding hydrogens is 250 g/mol. The van der Waals surface area contributed by atoms with Crippen molar-refractivity contribution in [3.8, 4) is 0 Å². The summed E-state index contributed by atoms with van der Waals surface area (Å²) in [6, 6.07) is 3.68. The SMILES string of the molecule is CCc1nnsc1C(N)c1ccc(Cl)s1. The fourth-order valence-electron chi connectivity index (χ4n) is 1.32. The van der Waals surface area contributed by atoms with Gasteiger partial charge < -0.3 is 5.73 Å². The molecule has 80 valence electrons. The topological polar surface area (TPSA) is 51.8 Å². The van der Waals surface area contributed by atoms with E-state index in [1.165, 1.54) is 22.9 Å². The lowest BCUT2D eigenvalue weighted by Gasteiger charge is -2.06. The molecule has 0 saturated heterocycles. The third-order valence-electron chi connectivity index (χ3n) is 2.10. The molecule has 0 spiro atoms. The molecule has 0 fully saturated rings. The van der Waals surface area contributed by atoms with E-state index in [4.69, 9.17) is 17.3 Å². The molecule has 0 aliphatic carbocycles. The molecule has 6 heteroatoms. The van der Waals surface area contributed by atoms with Crippen molar-refractivity contribution in [1.82, 2.24) is 9.59 Å². The van der Waals surface area contributed by atoms with Crippen LogP contribution in [0.5, 0.6) is 0 Å². The minimum Gasteiger partial charge on any atom is -0.319 e. The number of nitrogens with zero attached hydrogens (tertiary/aromatic N) is 2. The lowest BCUT2D eigenvalue weighted by Crippen LogP contribution is -2.10. The summed E-state index contributed by atoms with van der Waals surface area (Å²) in [4.78, 5) is 2.09. The summed E-state index contributed by atoms with van der Waals surface area (Å²) < 4.78 is 4.69. The van der Waals surface area contributed by atoms with Crippen molar-refractivity contribution in [1.29, 1.82) is 0 Å². The standard InChI is InChI=1S/C9H10ClN3S2/c1-2-5-9(15-13-12-5)8(11)6-3-4-7(10)14-6/h3-4,8H,2,11H2,1H3. The summed E-state index contributed by atoms with van der Waals surface area (Å²) in [6.45, 7) is 2.05. The van der Waals surface area contributed by atoms with E-state index in [2.05, 4.69) is 9.59 Å². The monoisotopic (exact) mass is 259 g/mol. The molecule has 0 amide bonds. The molecule has 2 heterocycles. The summed E-state index contributed by atoms with van der Waals surface area (Å²) in [6.07, 6.45) is 0.860. The van der Waals surface area contributed by atoms with Crippen LogP contribution in [0.15, 0.2) is 12.1 Å². The van der Waals surface area contributed by atoms with Gasteiger partial charge in [0, 0.05) is 4.88 Å². The fourth-order valence-corrected chi connectivity index (χ4v) is 3.23. The zero-order valence-corrected chi connectivity index (χ0v) is 10.5. The lowest BCUT2D eigenvalue weighted by atomic mass is 10.1. The molecule has 2 rings (SSSR count). The molecule has 1 atom stereocenters. The van der Waals surface area contributed by atoms with Gasteiger partial charge in [0.2, 0.25) is 0 Å². The van der Waals surface area contributed by atoms with Crippen LogP contribution in [-0.2, 0) is 6.42 Å². The van der Waals surface area contributed by atoms with Gasteiger partial charge in [0.15, 0.2) is 0 Å². The van der Waals surface area contributed by atoms with Gasteiger partial charge in [-0.25, -0.2) is 0 Å². The second-order valence-electron chi connectivity index (χ2n) is 3.06. The first-order valence-electron chi connectivity index (χ1n) is 4.54. The normalized spacial score (nSPS) is 13.0. The van der Waals surface area contributed by atoms with E-state index in [0.29, 0.717) is 0 Å². The quantitative estimate of drug-likeness (QED) is 0.922. The zero-order valence-electron chi connectivity index (χ0n) is 8.11. The van der Waals surface area contributed by atoms with Crippen molar-refractivity contribution >= 4 is 34.5 Å². The first-order chi connectivity index (χ1) is 7.22. The zero-order chi connectivity index (χ0) is 10.8. The van der Waals surface area contributed by atoms with Crippen LogP contribution in [-0.4, -0.2) is 9.59 Å². The third-order valence-corrected chi connectivity index (χ3v) is 4.27. The molecule has 0 radical (unpaired) electrons. The van der Waals surface area contributed by atoms with Crippen molar-refractivity contribution in [2.45, 2.75) is 19.4 Å². The molecule has 3 nitrogen and oxygen atoms in total. The highest BCUT2D eigenvalue weighted by Crippen LogP contribution is 2.31. The molecule has 2 aromatic rings. The van der Waals surface area contributed by atoms with E-state index in [1.54, 1.807) is 0 Å². The van der Waals surface area contributed by atoms with Gasteiger partial charge in [0.1, 0.15) is 0 Å². The van der Waals surface area contributed by atoms with Crippen LogP contribution < -0.4 is 5.73 Å². The highest BCUT2D eigenvalue weighted by Gasteiger charge is 2.17. The summed E-state index contributed by atoms with van der Waals surface area (Å²) in [7, 11) is 0. The van der Waals surface area contributed by atoms with Crippen LogP contribution in [0.3, 0.4) is 0 Å². The molecule has 0 saturated carbocycles. The maximum atomic E-state index is 6.13. The van der Waals surface area contributed by atoms with Crippen molar-refractivity contribution in [3.05, 3.63) is 31.9 Å². The first-order valence-corrected chi connectivity index (χ1v) is 6.51. The van der Waals surface area contributed by atoms with Crippen LogP contribution in [0.4, 0.5) is 0 Å². The second kappa shape index (κ2) is 4.57. The smallest absolute Gasteiger partial charge is 0.0931 e. The Morgan fingerprint density at radius 1 is 1.53 bits per heavy atom. The Hall–Kier alpha value is -0.490. The van der Waals surface area contributed by atoms with Crippen molar-refractivity contribution in [3.63, 3.8) is 0 Å². The van der Waals surface area contributed by atoms with Gasteiger partial charge in [0.05, 0.1) is 20.9 Å². The molecular formula is C9H10ClN3S2. The first kappa shape index (κ1) is 11.0. The number of aryl methyl sites for hydroxylation is 1. The Balaban J connectivity index is 2.31. The molecule has 0 bridgehead atoms. The third kappa shape index (κ3) is 2.20. The van der Waals surface area contributed by atoms with Gasteiger partial charge in [-0.2, -0.15) is 0 Å². The summed E-state index contributed by atoms with van der Waals surface area (Å²) >= 11 is 8.74. The Labute approximate surface area is 101 Å². The molecule has 1 unspecified atom stereocenters. The van der Waals surface area contributed by atoms with Crippen LogP contribution in [0.25, 0.3) is 0 Å². The predicted octanol–water partition coefficient (Wildman–Crippen LogP) is 2.86. The Morgan fingerprint density at radius 2 is 2.33 bits per heavy atom. The molecule has 0 aromatic carbocycles. The maximum Gasteiger partial charge on any atom is 0.0931 e. The number of aromatic nitrogens is 2. The average molecular weight is 260 g/mol. The Morgan fingerprint density at radius 3 is 2.93 bits per heavy atom. The van der Waals surface area contributed by atoms with Gasteiger partial charge >= 0.3 is 0 Å². The molecule has 0 aliphatic heterocycles. The van der Waals surface area contributed by atoms with E-state index < -0.39 is 0 Å².